The van der Waals surface area contributed by atoms with Gasteiger partial charge in [-0.25, -0.2) is 12.7 Å². The van der Waals surface area contributed by atoms with Crippen LogP contribution >= 0.6 is 0 Å². The Bertz CT molecular complexity index is 504. The highest BCUT2D eigenvalue weighted by Crippen LogP contribution is 2.29. The highest BCUT2D eigenvalue weighted by atomic mass is 32.2. The summed E-state index contributed by atoms with van der Waals surface area (Å²) in [7, 11) is -3.08. The minimum absolute atomic E-state index is 0.249. The maximum atomic E-state index is 12.1. The minimum Gasteiger partial charge on any atom is -0.368 e. The highest BCUT2D eigenvalue weighted by molar-refractivity contribution is 7.89. The molecule has 19 heavy (non-hydrogen) atoms. The van der Waals surface area contributed by atoms with Gasteiger partial charge >= 0.3 is 0 Å². The van der Waals surface area contributed by atoms with Crippen LogP contribution in [0.4, 0.5) is 5.88 Å². The fourth-order valence-corrected chi connectivity index (χ4v) is 4.06. The molecule has 1 saturated heterocycles. The largest absolute Gasteiger partial charge is 0.368 e. The number of hydrogen-bond acceptors (Lipinski definition) is 5. The molecule has 1 aromatic heterocycles. The van der Waals surface area contributed by atoms with Crippen molar-refractivity contribution in [1.82, 2.24) is 9.46 Å². The lowest BCUT2D eigenvalue weighted by atomic mass is 9.95. The summed E-state index contributed by atoms with van der Waals surface area (Å²) >= 11 is 0. The molecule has 1 fully saturated rings. The number of nitrogens with two attached hydrogens (primary N) is 1. The van der Waals surface area contributed by atoms with Crippen molar-refractivity contribution in [2.24, 2.45) is 0 Å². The van der Waals surface area contributed by atoms with Crippen molar-refractivity contribution in [3.63, 3.8) is 0 Å². The standard InChI is InChI=1S/C12H21N3O3S/c1-2-3-8-19(16,17)15-6-4-10(5-7-15)11-9-12(13)18-14-11/h9-10H,2-8,13H2,1H3. The van der Waals surface area contributed by atoms with E-state index in [0.29, 0.717) is 19.0 Å². The van der Waals surface area contributed by atoms with E-state index in [-0.39, 0.29) is 11.7 Å². The van der Waals surface area contributed by atoms with Gasteiger partial charge in [-0.2, -0.15) is 0 Å². The zero-order chi connectivity index (χ0) is 13.9. The number of hydrogen-bond donors (Lipinski definition) is 1. The second-order valence-corrected chi connectivity index (χ2v) is 7.09. The number of sulfonamides is 1. The molecule has 0 bridgehead atoms. The summed E-state index contributed by atoms with van der Waals surface area (Å²) < 4.78 is 30.6. The summed E-state index contributed by atoms with van der Waals surface area (Å²) in [5.74, 6) is 0.817. The molecule has 2 N–H and O–H groups in total. The molecule has 2 heterocycles. The van der Waals surface area contributed by atoms with Crippen LogP contribution in [0.3, 0.4) is 0 Å². The van der Waals surface area contributed by atoms with Gasteiger partial charge in [-0.3, -0.25) is 0 Å². The van der Waals surface area contributed by atoms with Crippen molar-refractivity contribution in [2.45, 2.75) is 38.5 Å². The number of rotatable bonds is 5. The SMILES string of the molecule is CCCCS(=O)(=O)N1CCC(c2cc(N)on2)CC1. The van der Waals surface area contributed by atoms with E-state index >= 15 is 0 Å². The molecular formula is C12H21N3O3S. The molecule has 1 aliphatic heterocycles. The van der Waals surface area contributed by atoms with Crippen LogP contribution in [0.25, 0.3) is 0 Å². The second-order valence-electron chi connectivity index (χ2n) is 5.00. The van der Waals surface area contributed by atoms with Gasteiger partial charge in [-0.15, -0.1) is 0 Å². The Morgan fingerprint density at radius 3 is 2.68 bits per heavy atom. The van der Waals surface area contributed by atoms with Gasteiger partial charge in [0.05, 0.1) is 11.4 Å². The van der Waals surface area contributed by atoms with Gasteiger partial charge in [-0.1, -0.05) is 18.5 Å². The molecule has 2 rings (SSSR count). The van der Waals surface area contributed by atoms with Crippen molar-refractivity contribution in [1.29, 1.82) is 0 Å². The predicted octanol–water partition coefficient (Wildman–Crippen LogP) is 1.57. The zero-order valence-corrected chi connectivity index (χ0v) is 12.0. The summed E-state index contributed by atoms with van der Waals surface area (Å²) in [6, 6.07) is 1.73. The van der Waals surface area contributed by atoms with Gasteiger partial charge in [0.2, 0.25) is 15.9 Å². The molecule has 1 aromatic rings. The topological polar surface area (TPSA) is 89.4 Å². The number of nitrogen functional groups attached to an aromatic ring is 1. The van der Waals surface area contributed by atoms with Crippen molar-refractivity contribution in [3.8, 4) is 0 Å². The number of aromatic nitrogens is 1. The van der Waals surface area contributed by atoms with Crippen LogP contribution in [0.1, 0.15) is 44.2 Å². The summed E-state index contributed by atoms with van der Waals surface area (Å²) in [5, 5.41) is 3.91. The van der Waals surface area contributed by atoms with E-state index in [4.69, 9.17) is 10.3 Å². The molecule has 0 aliphatic carbocycles. The molecular weight excluding hydrogens is 266 g/mol. The summed E-state index contributed by atoms with van der Waals surface area (Å²) in [6.45, 7) is 3.11. The van der Waals surface area contributed by atoms with Crippen LogP contribution in [-0.4, -0.2) is 36.7 Å². The Balaban J connectivity index is 1.92. The average molecular weight is 287 g/mol. The average Bonchev–Trinajstić information content (AvgIpc) is 2.83. The quantitative estimate of drug-likeness (QED) is 0.887. The summed E-state index contributed by atoms with van der Waals surface area (Å²) in [5.41, 5.74) is 6.34. The Morgan fingerprint density at radius 2 is 2.16 bits per heavy atom. The fourth-order valence-electron chi connectivity index (χ4n) is 2.38. The molecule has 7 heteroatoms. The lowest BCUT2D eigenvalue weighted by Gasteiger charge is -2.30. The molecule has 0 atom stereocenters. The van der Waals surface area contributed by atoms with Crippen LogP contribution in [0.5, 0.6) is 0 Å². The monoisotopic (exact) mass is 287 g/mol. The molecule has 0 spiro atoms. The lowest BCUT2D eigenvalue weighted by molar-refractivity contribution is 0.309. The zero-order valence-electron chi connectivity index (χ0n) is 11.2. The van der Waals surface area contributed by atoms with Crippen molar-refractivity contribution >= 4 is 15.9 Å². The third-order valence-corrected chi connectivity index (χ3v) is 5.52. The molecule has 0 radical (unpaired) electrons. The van der Waals surface area contributed by atoms with Crippen molar-refractivity contribution in [3.05, 3.63) is 11.8 Å². The summed E-state index contributed by atoms with van der Waals surface area (Å²) in [4.78, 5) is 0. The molecule has 0 saturated carbocycles. The smallest absolute Gasteiger partial charge is 0.222 e. The van der Waals surface area contributed by atoms with Crippen LogP contribution in [-0.2, 0) is 10.0 Å². The predicted molar refractivity (Wildman–Crippen MR) is 73.2 cm³/mol. The van der Waals surface area contributed by atoms with E-state index in [1.54, 1.807) is 10.4 Å². The maximum Gasteiger partial charge on any atom is 0.222 e. The number of piperidine rings is 1. The van der Waals surface area contributed by atoms with Crippen molar-refractivity contribution < 1.29 is 12.9 Å². The molecule has 108 valence electrons. The van der Waals surface area contributed by atoms with Crippen LogP contribution < -0.4 is 5.73 Å². The first kappa shape index (κ1) is 14.3. The van der Waals surface area contributed by atoms with E-state index < -0.39 is 10.0 Å². The molecule has 1 aliphatic rings. The van der Waals surface area contributed by atoms with Gasteiger partial charge in [0.25, 0.3) is 0 Å². The third kappa shape index (κ3) is 3.48. The van der Waals surface area contributed by atoms with E-state index in [1.165, 1.54) is 0 Å². The first-order valence-corrected chi connectivity index (χ1v) is 8.33. The fraction of sp³-hybridized carbons (Fsp3) is 0.750. The van der Waals surface area contributed by atoms with Gasteiger partial charge < -0.3 is 10.3 Å². The van der Waals surface area contributed by atoms with E-state index in [0.717, 1.165) is 31.4 Å². The molecule has 0 aromatic carbocycles. The van der Waals surface area contributed by atoms with Crippen LogP contribution in [0.15, 0.2) is 10.6 Å². The minimum atomic E-state index is -3.08. The highest BCUT2D eigenvalue weighted by Gasteiger charge is 2.29. The molecule has 0 amide bonds. The van der Waals surface area contributed by atoms with Crippen LogP contribution in [0.2, 0.25) is 0 Å². The van der Waals surface area contributed by atoms with E-state index in [1.807, 2.05) is 6.92 Å². The normalized spacial score (nSPS) is 18.8. The van der Waals surface area contributed by atoms with Gasteiger partial charge in [0.1, 0.15) is 0 Å². The first-order chi connectivity index (χ1) is 9.03. The van der Waals surface area contributed by atoms with Gasteiger partial charge in [0.15, 0.2) is 0 Å². The van der Waals surface area contributed by atoms with Crippen LogP contribution in [0, 0.1) is 0 Å². The number of anilines is 1. The molecule has 0 unspecified atom stereocenters. The van der Waals surface area contributed by atoms with E-state index in [9.17, 15) is 8.42 Å². The Hall–Kier alpha value is -1.08. The maximum absolute atomic E-state index is 12.1. The van der Waals surface area contributed by atoms with Gasteiger partial charge in [0, 0.05) is 25.1 Å². The Labute approximate surface area is 114 Å². The first-order valence-electron chi connectivity index (χ1n) is 6.73. The van der Waals surface area contributed by atoms with E-state index in [2.05, 4.69) is 5.16 Å². The number of nitrogens with zero attached hydrogens (tertiary/aromatic N) is 2. The second kappa shape index (κ2) is 5.92. The third-order valence-electron chi connectivity index (χ3n) is 3.57. The lowest BCUT2D eigenvalue weighted by Crippen LogP contribution is -2.39. The Kier molecular flexibility index (Phi) is 4.46. The van der Waals surface area contributed by atoms with Gasteiger partial charge in [-0.05, 0) is 19.3 Å². The number of unbranched alkanes of at least 4 members (excludes halogenated alkanes) is 1. The summed E-state index contributed by atoms with van der Waals surface area (Å²) in [6.07, 6.45) is 3.17. The Morgan fingerprint density at radius 1 is 1.47 bits per heavy atom. The molecule has 6 nitrogen and oxygen atoms in total. The van der Waals surface area contributed by atoms with Crippen molar-refractivity contribution in [2.75, 3.05) is 24.6 Å².